The van der Waals surface area contributed by atoms with Gasteiger partial charge in [-0.2, -0.15) is 13.2 Å². The van der Waals surface area contributed by atoms with E-state index >= 15 is 0 Å². The molecule has 3 rings (SSSR count). The average molecular weight is 417 g/mol. The van der Waals surface area contributed by atoms with Crippen molar-refractivity contribution >= 4 is 39.5 Å². The number of aromatic nitrogens is 1. The summed E-state index contributed by atoms with van der Waals surface area (Å²) in [4.78, 5) is 28.1. The number of hydrogen-bond donors (Lipinski definition) is 2. The summed E-state index contributed by atoms with van der Waals surface area (Å²) >= 11 is 1.26. The highest BCUT2D eigenvalue weighted by molar-refractivity contribution is 7.13. The van der Waals surface area contributed by atoms with Gasteiger partial charge in [-0.15, -0.1) is 11.3 Å². The van der Waals surface area contributed by atoms with Crippen LogP contribution >= 0.6 is 11.3 Å². The number of carbonyl (C=O) groups excluding carboxylic acids is 2. The lowest BCUT2D eigenvalue weighted by Crippen LogP contribution is -2.16. The molecule has 2 amide bonds. The molecule has 9 heteroatoms. The molecule has 2 N–H and O–H groups in total. The number of allylic oxidation sites excluding steroid dienone is 1. The van der Waals surface area contributed by atoms with E-state index in [1.807, 2.05) is 0 Å². The molecule has 0 atom stereocenters. The SMILES string of the molecule is O=C(/C=C(/c1ccccc1)C(F)(F)F)Nc1ccc(C(=O)Nc2nccs2)cc1. The molecule has 29 heavy (non-hydrogen) atoms. The Morgan fingerprint density at radius 1 is 0.931 bits per heavy atom. The second-order valence-electron chi connectivity index (χ2n) is 5.78. The van der Waals surface area contributed by atoms with Crippen LogP contribution in [0.25, 0.3) is 5.57 Å². The van der Waals surface area contributed by atoms with Crippen molar-refractivity contribution in [3.8, 4) is 0 Å². The Bertz CT molecular complexity index is 1020. The van der Waals surface area contributed by atoms with Gasteiger partial charge in [0.15, 0.2) is 5.13 Å². The summed E-state index contributed by atoms with van der Waals surface area (Å²) in [5.74, 6) is -1.32. The molecule has 1 aromatic heterocycles. The first kappa shape index (κ1) is 20.3. The molecule has 0 aliphatic rings. The van der Waals surface area contributed by atoms with Crippen molar-refractivity contribution in [2.24, 2.45) is 0 Å². The number of thiazole rings is 1. The molecule has 2 aromatic carbocycles. The van der Waals surface area contributed by atoms with Gasteiger partial charge < -0.3 is 5.32 Å². The van der Waals surface area contributed by atoms with Crippen LogP contribution in [0.15, 0.2) is 72.3 Å². The van der Waals surface area contributed by atoms with E-state index in [0.717, 1.165) is 0 Å². The Balaban J connectivity index is 1.71. The number of rotatable bonds is 5. The summed E-state index contributed by atoms with van der Waals surface area (Å²) in [6.07, 6.45) is -2.62. The van der Waals surface area contributed by atoms with Gasteiger partial charge in [-0.25, -0.2) is 4.98 Å². The van der Waals surface area contributed by atoms with Crippen molar-refractivity contribution in [3.63, 3.8) is 0 Å². The molecule has 0 unspecified atom stereocenters. The minimum atomic E-state index is -4.68. The second kappa shape index (κ2) is 8.70. The van der Waals surface area contributed by atoms with Crippen molar-refractivity contribution in [2.45, 2.75) is 6.18 Å². The van der Waals surface area contributed by atoms with Gasteiger partial charge in [-0.3, -0.25) is 14.9 Å². The van der Waals surface area contributed by atoms with Crippen LogP contribution in [0.5, 0.6) is 0 Å². The molecule has 0 spiro atoms. The predicted molar refractivity (Wildman–Crippen MR) is 106 cm³/mol. The largest absolute Gasteiger partial charge is 0.417 e. The van der Waals surface area contributed by atoms with Crippen LogP contribution in [-0.2, 0) is 4.79 Å². The van der Waals surface area contributed by atoms with E-state index in [1.54, 1.807) is 17.6 Å². The van der Waals surface area contributed by atoms with E-state index in [9.17, 15) is 22.8 Å². The van der Waals surface area contributed by atoms with E-state index in [2.05, 4.69) is 15.6 Å². The highest BCUT2D eigenvalue weighted by atomic mass is 32.1. The first-order chi connectivity index (χ1) is 13.8. The fourth-order valence-electron chi connectivity index (χ4n) is 2.42. The molecule has 0 radical (unpaired) electrons. The van der Waals surface area contributed by atoms with Crippen molar-refractivity contribution < 1.29 is 22.8 Å². The molecule has 3 aromatic rings. The summed E-state index contributed by atoms with van der Waals surface area (Å²) in [6.45, 7) is 0. The molecule has 0 saturated carbocycles. The Kier molecular flexibility index (Phi) is 6.08. The van der Waals surface area contributed by atoms with E-state index in [0.29, 0.717) is 16.8 Å². The maximum Gasteiger partial charge on any atom is 0.417 e. The van der Waals surface area contributed by atoms with Crippen molar-refractivity contribution in [3.05, 3.63) is 83.4 Å². The number of nitrogens with zero attached hydrogens (tertiary/aromatic N) is 1. The average Bonchev–Trinajstić information content (AvgIpc) is 3.19. The van der Waals surface area contributed by atoms with Gasteiger partial charge >= 0.3 is 6.18 Å². The van der Waals surface area contributed by atoms with Crippen LogP contribution in [0.4, 0.5) is 24.0 Å². The molecule has 0 aliphatic heterocycles. The molecular formula is C20H14F3N3O2S. The van der Waals surface area contributed by atoms with Crippen LogP contribution in [-0.4, -0.2) is 23.0 Å². The molecule has 148 valence electrons. The minimum Gasteiger partial charge on any atom is -0.322 e. The van der Waals surface area contributed by atoms with Gasteiger partial charge in [0.2, 0.25) is 5.91 Å². The van der Waals surface area contributed by atoms with Crippen LogP contribution in [0.1, 0.15) is 15.9 Å². The van der Waals surface area contributed by atoms with Gasteiger partial charge in [0.05, 0.1) is 5.57 Å². The van der Waals surface area contributed by atoms with Crippen LogP contribution in [0.2, 0.25) is 0 Å². The van der Waals surface area contributed by atoms with Crippen molar-refractivity contribution in [2.75, 3.05) is 10.6 Å². The number of anilines is 2. The molecular weight excluding hydrogens is 403 g/mol. The first-order valence-corrected chi connectivity index (χ1v) is 9.17. The molecule has 0 saturated heterocycles. The smallest absolute Gasteiger partial charge is 0.322 e. The lowest BCUT2D eigenvalue weighted by molar-refractivity contribution is -0.112. The minimum absolute atomic E-state index is 0.107. The van der Waals surface area contributed by atoms with E-state index in [-0.39, 0.29) is 17.2 Å². The number of carbonyl (C=O) groups is 2. The quantitative estimate of drug-likeness (QED) is 0.575. The zero-order chi connectivity index (χ0) is 20.9. The van der Waals surface area contributed by atoms with Crippen LogP contribution in [0, 0.1) is 0 Å². The maximum absolute atomic E-state index is 13.3. The number of benzene rings is 2. The normalized spacial score (nSPS) is 11.8. The van der Waals surface area contributed by atoms with Crippen LogP contribution in [0.3, 0.4) is 0 Å². The third-order valence-electron chi connectivity index (χ3n) is 3.73. The lowest BCUT2D eigenvalue weighted by Gasteiger charge is -2.12. The first-order valence-electron chi connectivity index (χ1n) is 8.29. The summed E-state index contributed by atoms with van der Waals surface area (Å²) in [5.41, 5.74) is -0.583. The monoisotopic (exact) mass is 417 g/mol. The summed E-state index contributed by atoms with van der Waals surface area (Å²) in [5, 5.41) is 7.13. The molecule has 0 fully saturated rings. The highest BCUT2D eigenvalue weighted by Gasteiger charge is 2.35. The Morgan fingerprint density at radius 2 is 1.62 bits per heavy atom. The molecule has 5 nitrogen and oxygen atoms in total. The van der Waals surface area contributed by atoms with E-state index in [1.165, 1.54) is 59.9 Å². The molecule has 0 aliphatic carbocycles. The Morgan fingerprint density at radius 3 is 2.21 bits per heavy atom. The standard InChI is InChI=1S/C20H14F3N3O2S/c21-20(22,23)16(13-4-2-1-3-5-13)12-17(27)25-15-8-6-14(7-9-15)18(28)26-19-24-10-11-29-19/h1-12H,(H,25,27)(H,24,26,28)/b16-12-. The second-order valence-corrected chi connectivity index (χ2v) is 6.67. The zero-order valence-electron chi connectivity index (χ0n) is 14.7. The van der Waals surface area contributed by atoms with Crippen molar-refractivity contribution in [1.29, 1.82) is 0 Å². The van der Waals surface area contributed by atoms with Gasteiger partial charge in [0.1, 0.15) is 0 Å². The fraction of sp³-hybridized carbons (Fsp3) is 0.0500. The number of halogens is 3. The summed E-state index contributed by atoms with van der Waals surface area (Å²) in [7, 11) is 0. The predicted octanol–water partition coefficient (Wildman–Crippen LogP) is 4.98. The summed E-state index contributed by atoms with van der Waals surface area (Å²) < 4.78 is 39.9. The van der Waals surface area contributed by atoms with Gasteiger partial charge in [0, 0.05) is 28.9 Å². The summed E-state index contributed by atoms with van der Waals surface area (Å²) in [6, 6.07) is 12.8. The highest BCUT2D eigenvalue weighted by Crippen LogP contribution is 2.33. The number of amides is 2. The van der Waals surface area contributed by atoms with E-state index < -0.39 is 17.7 Å². The maximum atomic E-state index is 13.3. The molecule has 1 heterocycles. The topological polar surface area (TPSA) is 71.1 Å². The third kappa shape index (κ3) is 5.52. The third-order valence-corrected chi connectivity index (χ3v) is 4.42. The van der Waals surface area contributed by atoms with Gasteiger partial charge in [0.25, 0.3) is 5.91 Å². The number of hydrogen-bond acceptors (Lipinski definition) is 4. The van der Waals surface area contributed by atoms with Crippen LogP contribution < -0.4 is 10.6 Å². The number of alkyl halides is 3. The lowest BCUT2D eigenvalue weighted by atomic mass is 10.1. The van der Waals surface area contributed by atoms with Gasteiger partial charge in [-0.1, -0.05) is 30.3 Å². The van der Waals surface area contributed by atoms with Crippen molar-refractivity contribution in [1.82, 2.24) is 4.98 Å². The molecule has 0 bridgehead atoms. The Hall–Kier alpha value is -3.46. The zero-order valence-corrected chi connectivity index (χ0v) is 15.6. The number of nitrogens with one attached hydrogen (secondary N) is 2. The Labute approximate surface area is 167 Å². The fourth-order valence-corrected chi connectivity index (χ4v) is 2.94. The van der Waals surface area contributed by atoms with Gasteiger partial charge in [-0.05, 0) is 29.8 Å². The van der Waals surface area contributed by atoms with E-state index in [4.69, 9.17) is 0 Å².